The number of hydrogen-bond donors (Lipinski definition) is 1. The fourth-order valence-corrected chi connectivity index (χ4v) is 8.22. The first kappa shape index (κ1) is 39.4. The third kappa shape index (κ3) is 10.7. The minimum atomic E-state index is -2.43. The molecule has 5 rings (SSSR count). The van der Waals surface area contributed by atoms with Gasteiger partial charge in [-0.15, -0.1) is 40.5 Å². The van der Waals surface area contributed by atoms with Crippen molar-refractivity contribution in [3.05, 3.63) is 88.3 Å². The molecule has 3 aromatic carbocycles. The van der Waals surface area contributed by atoms with Gasteiger partial charge < -0.3 is 5.11 Å². The second kappa shape index (κ2) is 18.4. The number of hydrogen-bond acceptors (Lipinski definition) is 6. The summed E-state index contributed by atoms with van der Waals surface area (Å²) in [5.41, 5.74) is 7.57. The number of aryl methyl sites for hydroxylation is 3. The van der Waals surface area contributed by atoms with E-state index in [9.17, 15) is 9.90 Å². The van der Waals surface area contributed by atoms with Crippen molar-refractivity contribution in [1.29, 1.82) is 0 Å². The molecule has 2 aromatic heterocycles. The van der Waals surface area contributed by atoms with Gasteiger partial charge in [0.25, 0.3) is 0 Å². The molecule has 2 heterocycles. The zero-order valence-corrected chi connectivity index (χ0v) is 37.0. The van der Waals surface area contributed by atoms with Crippen molar-refractivity contribution in [2.75, 3.05) is 0 Å². The molecule has 0 spiro atoms. The number of aliphatic hydroxyl groups excluding tert-OH is 1. The van der Waals surface area contributed by atoms with E-state index in [1.165, 1.54) is 28.5 Å². The normalized spacial score (nSPS) is 13.4. The minimum absolute atomic E-state index is 0. The number of rotatable bonds is 10. The number of carbonyl (C=O) groups is 1. The SMILES string of the molecule is CCC(CC)C(=O)/C=C(\O)C(CC)CC.[2H]C([2H])([2H])c1nnc(-c2[c-]c3ccccc3c(C(C)(C)C)c2)c2sc(-c3c(C)cc(CC(C)(C)C)cc3C)nc12.[Ir]. The van der Waals surface area contributed by atoms with Crippen molar-refractivity contribution in [3.8, 4) is 21.8 Å². The summed E-state index contributed by atoms with van der Waals surface area (Å²) in [6, 6.07) is 18.4. The minimum Gasteiger partial charge on any atom is -0.512 e. The Hall–Kier alpha value is -3.25. The van der Waals surface area contributed by atoms with E-state index >= 15 is 0 Å². The van der Waals surface area contributed by atoms with Crippen LogP contribution in [-0.4, -0.2) is 26.1 Å². The quantitative estimate of drug-likeness (QED) is 0.0858. The van der Waals surface area contributed by atoms with Crippen molar-refractivity contribution < 1.29 is 34.1 Å². The van der Waals surface area contributed by atoms with Crippen LogP contribution in [0.25, 0.3) is 42.8 Å². The summed E-state index contributed by atoms with van der Waals surface area (Å²) in [4.78, 5) is 16.7. The van der Waals surface area contributed by atoms with E-state index in [4.69, 9.17) is 9.10 Å². The summed E-state index contributed by atoms with van der Waals surface area (Å²) < 4.78 is 25.2. The summed E-state index contributed by atoms with van der Waals surface area (Å²) >= 11 is 1.48. The maximum Gasteiger partial charge on any atom is 0.162 e. The predicted molar refractivity (Wildman–Crippen MR) is 222 cm³/mol. The first-order valence-electron chi connectivity index (χ1n) is 20.3. The van der Waals surface area contributed by atoms with Gasteiger partial charge in [-0.25, -0.2) is 4.98 Å². The summed E-state index contributed by atoms with van der Waals surface area (Å²) in [7, 11) is 0. The molecule has 0 saturated heterocycles. The average molecular weight is 914 g/mol. The number of aromatic nitrogens is 3. The predicted octanol–water partition coefficient (Wildman–Crippen LogP) is 13.1. The molecule has 0 aliphatic carbocycles. The molecular formula is C46H60IrN3O2S-. The Morgan fingerprint density at radius 2 is 1.53 bits per heavy atom. The largest absolute Gasteiger partial charge is 0.512 e. The molecule has 0 fully saturated rings. The molecular weight excluding hydrogens is 851 g/mol. The molecule has 0 aliphatic rings. The molecule has 1 radical (unpaired) electrons. The Kier molecular flexibility index (Phi) is 13.7. The molecule has 0 bridgehead atoms. The third-order valence-electron chi connectivity index (χ3n) is 9.78. The van der Waals surface area contributed by atoms with E-state index in [0.29, 0.717) is 11.2 Å². The Labute approximate surface area is 340 Å². The molecule has 0 unspecified atom stereocenters. The standard InChI is InChI=1S/C33H36N3S.C13H24O2.Ir/c1-19-14-22(18-32(4,5)6)15-20(2)27(19)31-34-28-21(3)35-36-29(30(28)37-31)24-16-23-12-10-11-13-25(23)26(17-24)33(7,8)9;1-5-10(6-2)12(14)9-13(15)11(7-3)8-4;/h10-15,17H,18H2,1-9H3;9-11,14H,5-8H2,1-4H3;/q-1;;/b;12-9-;/i3D3;;. The van der Waals surface area contributed by atoms with Crippen molar-refractivity contribution in [2.45, 2.75) is 127 Å². The number of nitrogens with zero attached hydrogens (tertiary/aromatic N) is 3. The summed E-state index contributed by atoms with van der Waals surface area (Å²) in [6.07, 6.45) is 5.88. The van der Waals surface area contributed by atoms with Crippen LogP contribution in [0.5, 0.6) is 0 Å². The molecule has 5 nitrogen and oxygen atoms in total. The Morgan fingerprint density at radius 1 is 0.925 bits per heavy atom. The van der Waals surface area contributed by atoms with Gasteiger partial charge in [0.15, 0.2) is 5.78 Å². The van der Waals surface area contributed by atoms with Crippen molar-refractivity contribution in [2.24, 2.45) is 17.3 Å². The monoisotopic (exact) mass is 914 g/mol. The molecule has 53 heavy (non-hydrogen) atoms. The van der Waals surface area contributed by atoms with Crippen LogP contribution in [0.2, 0.25) is 0 Å². The molecule has 5 aromatic rings. The average Bonchev–Trinajstić information content (AvgIpc) is 3.51. The van der Waals surface area contributed by atoms with Crippen LogP contribution < -0.4 is 0 Å². The summed E-state index contributed by atoms with van der Waals surface area (Å²) in [5, 5.41) is 21.4. The molecule has 7 heteroatoms. The number of fused-ring (bicyclic) bond motifs is 2. The number of allylic oxidation sites excluding steroid dienone is 2. The molecule has 1 N–H and O–H groups in total. The molecule has 0 saturated carbocycles. The topological polar surface area (TPSA) is 76.0 Å². The Morgan fingerprint density at radius 3 is 2.08 bits per heavy atom. The first-order chi connectivity index (χ1) is 25.6. The van der Waals surface area contributed by atoms with Gasteiger partial charge >= 0.3 is 0 Å². The van der Waals surface area contributed by atoms with E-state index < -0.39 is 6.85 Å². The maximum absolute atomic E-state index is 11.7. The van der Waals surface area contributed by atoms with Crippen LogP contribution in [0.3, 0.4) is 0 Å². The third-order valence-corrected chi connectivity index (χ3v) is 10.9. The number of aliphatic hydroxyl groups is 1. The van der Waals surface area contributed by atoms with Gasteiger partial charge in [0.2, 0.25) is 0 Å². The maximum atomic E-state index is 11.7. The first-order valence-corrected chi connectivity index (χ1v) is 19.6. The van der Waals surface area contributed by atoms with Gasteiger partial charge in [-0.2, -0.15) is 10.2 Å². The van der Waals surface area contributed by atoms with E-state index in [1.54, 1.807) is 0 Å². The summed E-state index contributed by atoms with van der Waals surface area (Å²) in [6.45, 7) is 23.2. The summed E-state index contributed by atoms with van der Waals surface area (Å²) in [5.74, 6) is 0.547. The van der Waals surface area contributed by atoms with Crippen molar-refractivity contribution in [3.63, 3.8) is 0 Å². The van der Waals surface area contributed by atoms with Gasteiger partial charge in [-0.1, -0.05) is 111 Å². The fraction of sp³-hybridized carbons (Fsp3) is 0.478. The number of carbonyl (C=O) groups excluding carboxylic acids is 1. The number of ketones is 1. The number of benzene rings is 3. The van der Waals surface area contributed by atoms with Gasteiger partial charge in [0.05, 0.1) is 21.7 Å². The van der Waals surface area contributed by atoms with Crippen molar-refractivity contribution >= 4 is 38.1 Å². The molecule has 0 aliphatic heterocycles. The fourth-order valence-electron chi connectivity index (χ4n) is 6.98. The van der Waals surface area contributed by atoms with Gasteiger partial charge in [-0.05, 0) is 80.3 Å². The van der Waals surface area contributed by atoms with E-state index in [1.807, 2.05) is 39.8 Å². The molecule has 287 valence electrons. The molecule has 0 amide bonds. The zero-order valence-electron chi connectivity index (χ0n) is 36.7. The van der Waals surface area contributed by atoms with Crippen LogP contribution in [0, 0.1) is 44.0 Å². The van der Waals surface area contributed by atoms with Crippen LogP contribution in [0.1, 0.15) is 127 Å². The Bertz CT molecular complexity index is 2150. The smallest absolute Gasteiger partial charge is 0.162 e. The van der Waals surface area contributed by atoms with Crippen LogP contribution in [0.15, 0.2) is 54.3 Å². The van der Waals surface area contributed by atoms with E-state index in [2.05, 4.69) is 102 Å². The van der Waals surface area contributed by atoms with Gasteiger partial charge in [0.1, 0.15) is 5.01 Å². The van der Waals surface area contributed by atoms with Crippen molar-refractivity contribution in [1.82, 2.24) is 15.2 Å². The zero-order chi connectivity index (χ0) is 41.0. The van der Waals surface area contributed by atoms with Crippen LogP contribution in [-0.2, 0) is 36.7 Å². The molecule has 0 atom stereocenters. The van der Waals surface area contributed by atoms with E-state index in [0.717, 1.165) is 74.8 Å². The second-order valence-corrected chi connectivity index (χ2v) is 17.3. The van der Waals surface area contributed by atoms with Gasteiger partial charge in [-0.3, -0.25) is 4.79 Å². The second-order valence-electron chi connectivity index (χ2n) is 16.3. The van der Waals surface area contributed by atoms with Crippen LogP contribution >= 0.6 is 11.3 Å². The van der Waals surface area contributed by atoms with Gasteiger partial charge in [0, 0.05) is 53.4 Å². The Balaban J connectivity index is 0.000000448. The van der Waals surface area contributed by atoms with Crippen LogP contribution in [0.4, 0.5) is 0 Å². The van der Waals surface area contributed by atoms with E-state index in [-0.39, 0.29) is 60.0 Å². The number of thiazole rings is 1.